The molecule has 2 aliphatic heterocycles. The van der Waals surface area contributed by atoms with Crippen LogP contribution in [0.1, 0.15) is 37.0 Å². The fraction of sp³-hybridized carbons (Fsp3) is 0.318. The lowest BCUT2D eigenvalue weighted by molar-refractivity contribution is -0.124. The van der Waals surface area contributed by atoms with E-state index in [0.717, 1.165) is 16.8 Å². The first-order valence-corrected chi connectivity index (χ1v) is 8.99. The maximum Gasteiger partial charge on any atom is 0.223 e. The number of aryl methyl sites for hydroxylation is 1. The van der Waals surface area contributed by atoms with Crippen molar-refractivity contribution in [3.63, 3.8) is 0 Å². The van der Waals surface area contributed by atoms with Gasteiger partial charge in [0.05, 0.1) is 0 Å². The van der Waals surface area contributed by atoms with E-state index in [1.54, 1.807) is 6.07 Å². The molecule has 1 amide bonds. The molecule has 2 heterocycles. The maximum absolute atomic E-state index is 14.0. The third-order valence-corrected chi connectivity index (χ3v) is 5.89. The Morgan fingerprint density at radius 3 is 2.73 bits per heavy atom. The quantitative estimate of drug-likeness (QED) is 0.882. The van der Waals surface area contributed by atoms with Crippen LogP contribution in [0.2, 0.25) is 0 Å². The first kappa shape index (κ1) is 16.8. The summed E-state index contributed by atoms with van der Waals surface area (Å²) in [4.78, 5) is 14.6. The van der Waals surface area contributed by atoms with Gasteiger partial charge in [-0.25, -0.2) is 4.39 Å². The lowest BCUT2D eigenvalue weighted by Crippen LogP contribution is -2.68. The molecule has 134 valence electrons. The topological polar surface area (TPSA) is 32.3 Å². The molecule has 3 nitrogen and oxygen atoms in total. The lowest BCUT2D eigenvalue weighted by Gasteiger charge is -2.49. The maximum atomic E-state index is 14.0. The van der Waals surface area contributed by atoms with E-state index < -0.39 is 11.1 Å². The summed E-state index contributed by atoms with van der Waals surface area (Å²) in [6, 6.07) is 13.1. The number of carbonyl (C=O) groups excluding carboxylic acids is 1. The van der Waals surface area contributed by atoms with Gasteiger partial charge in [0.25, 0.3) is 0 Å². The number of hydrogen-bond acceptors (Lipinski definition) is 2. The van der Waals surface area contributed by atoms with Crippen LogP contribution in [0.3, 0.4) is 0 Å². The molecule has 0 aliphatic carbocycles. The lowest BCUT2D eigenvalue weighted by atomic mass is 9.74. The zero-order valence-electron chi connectivity index (χ0n) is 15.3. The van der Waals surface area contributed by atoms with E-state index in [0.29, 0.717) is 13.0 Å². The van der Waals surface area contributed by atoms with Crippen LogP contribution in [0, 0.1) is 12.7 Å². The largest absolute Gasteiger partial charge is 0.344 e. The van der Waals surface area contributed by atoms with Crippen molar-refractivity contribution >= 4 is 17.7 Å². The van der Waals surface area contributed by atoms with Crippen molar-refractivity contribution in [2.24, 2.45) is 0 Å². The Morgan fingerprint density at radius 2 is 1.96 bits per heavy atom. The molecular formula is C22H23FN2O. The minimum absolute atomic E-state index is 0.0250. The Balaban J connectivity index is 1.88. The van der Waals surface area contributed by atoms with Gasteiger partial charge in [0.15, 0.2) is 0 Å². The van der Waals surface area contributed by atoms with Gasteiger partial charge in [-0.1, -0.05) is 44.2 Å². The van der Waals surface area contributed by atoms with Gasteiger partial charge in [0.1, 0.15) is 11.5 Å². The van der Waals surface area contributed by atoms with Crippen molar-refractivity contribution in [1.82, 2.24) is 5.32 Å². The molecule has 1 unspecified atom stereocenters. The second-order valence-corrected chi connectivity index (χ2v) is 7.69. The van der Waals surface area contributed by atoms with Gasteiger partial charge in [0.2, 0.25) is 5.91 Å². The smallest absolute Gasteiger partial charge is 0.223 e. The van der Waals surface area contributed by atoms with Crippen molar-refractivity contribution in [1.29, 1.82) is 0 Å². The highest BCUT2D eigenvalue weighted by Gasteiger charge is 2.57. The predicted molar refractivity (Wildman–Crippen MR) is 102 cm³/mol. The van der Waals surface area contributed by atoms with Gasteiger partial charge in [-0.15, -0.1) is 0 Å². The van der Waals surface area contributed by atoms with E-state index in [1.165, 1.54) is 11.6 Å². The van der Waals surface area contributed by atoms with E-state index in [2.05, 4.69) is 55.3 Å². The van der Waals surface area contributed by atoms with Crippen molar-refractivity contribution in [2.75, 3.05) is 11.4 Å². The van der Waals surface area contributed by atoms with E-state index in [-0.39, 0.29) is 11.7 Å². The monoisotopic (exact) mass is 350 g/mol. The number of fused-ring (bicyclic) bond motifs is 3. The molecule has 2 aromatic carbocycles. The van der Waals surface area contributed by atoms with Crippen LogP contribution in [0.15, 0.2) is 48.5 Å². The number of anilines is 1. The van der Waals surface area contributed by atoms with Crippen molar-refractivity contribution in [3.05, 3.63) is 71.0 Å². The number of carbonyl (C=O) groups is 1. The number of halogens is 1. The van der Waals surface area contributed by atoms with Crippen LogP contribution in [-0.2, 0) is 10.2 Å². The molecule has 0 radical (unpaired) electrons. The highest BCUT2D eigenvalue weighted by atomic mass is 19.1. The summed E-state index contributed by atoms with van der Waals surface area (Å²) >= 11 is 0. The molecule has 4 heteroatoms. The van der Waals surface area contributed by atoms with Gasteiger partial charge >= 0.3 is 0 Å². The molecule has 1 saturated heterocycles. The van der Waals surface area contributed by atoms with Crippen LogP contribution in [0.4, 0.5) is 10.1 Å². The second-order valence-electron chi connectivity index (χ2n) is 7.69. The first-order valence-electron chi connectivity index (χ1n) is 8.99. The summed E-state index contributed by atoms with van der Waals surface area (Å²) in [5.74, 6) is -0.224. The second kappa shape index (κ2) is 5.70. The molecule has 26 heavy (non-hydrogen) atoms. The van der Waals surface area contributed by atoms with E-state index in [1.807, 2.05) is 18.2 Å². The number of nitrogens with zero attached hydrogens (tertiary/aromatic N) is 1. The molecule has 2 aliphatic rings. The number of hydrogen-bond donors (Lipinski definition) is 1. The molecule has 0 aromatic heterocycles. The molecule has 0 spiro atoms. The summed E-state index contributed by atoms with van der Waals surface area (Å²) in [5, 5.41) is 3.22. The standard InChI is InChI=1S/C22H23FN2O/c1-15-6-4-5-7-16(15)10-12-22-21(2,3)18-14-17(23)8-9-19(18)25(22)13-11-20(26)24-22/h4-10,12,14H,11,13H2,1-3H3,(H,24,26)/b12-10+. The molecule has 1 N–H and O–H groups in total. The molecular weight excluding hydrogens is 327 g/mol. The Labute approximate surface area is 153 Å². The van der Waals surface area contributed by atoms with Crippen molar-refractivity contribution < 1.29 is 9.18 Å². The average Bonchev–Trinajstić information content (AvgIpc) is 2.79. The Bertz CT molecular complexity index is 918. The van der Waals surface area contributed by atoms with Crippen LogP contribution in [-0.4, -0.2) is 18.1 Å². The highest BCUT2D eigenvalue weighted by Crippen LogP contribution is 2.52. The molecule has 1 fully saturated rings. The number of rotatable bonds is 2. The Hall–Kier alpha value is -2.62. The van der Waals surface area contributed by atoms with Crippen molar-refractivity contribution in [2.45, 2.75) is 38.3 Å². The average molecular weight is 350 g/mol. The minimum Gasteiger partial charge on any atom is -0.344 e. The van der Waals surface area contributed by atoms with Crippen LogP contribution in [0.5, 0.6) is 0 Å². The third-order valence-electron chi connectivity index (χ3n) is 5.89. The summed E-state index contributed by atoms with van der Waals surface area (Å²) in [5.41, 5.74) is 3.02. The molecule has 1 atom stereocenters. The fourth-order valence-corrected chi connectivity index (χ4v) is 4.31. The Kier molecular flexibility index (Phi) is 3.69. The summed E-state index contributed by atoms with van der Waals surface area (Å²) in [6.45, 7) is 6.82. The zero-order chi connectivity index (χ0) is 18.5. The summed E-state index contributed by atoms with van der Waals surface area (Å²) in [6.07, 6.45) is 4.58. The zero-order valence-corrected chi connectivity index (χ0v) is 15.3. The van der Waals surface area contributed by atoms with Gasteiger partial charge in [-0.05, 0) is 47.9 Å². The Morgan fingerprint density at radius 1 is 1.19 bits per heavy atom. The normalized spacial score (nSPS) is 23.7. The van der Waals surface area contributed by atoms with Gasteiger partial charge in [-0.2, -0.15) is 0 Å². The summed E-state index contributed by atoms with van der Waals surface area (Å²) < 4.78 is 14.0. The highest BCUT2D eigenvalue weighted by molar-refractivity contribution is 5.84. The summed E-state index contributed by atoms with van der Waals surface area (Å²) in [7, 11) is 0. The van der Waals surface area contributed by atoms with E-state index in [4.69, 9.17) is 0 Å². The predicted octanol–water partition coefficient (Wildman–Crippen LogP) is 4.16. The fourth-order valence-electron chi connectivity index (χ4n) is 4.31. The number of nitrogens with one attached hydrogen (secondary N) is 1. The third kappa shape index (κ3) is 2.28. The van der Waals surface area contributed by atoms with Gasteiger partial charge < -0.3 is 10.2 Å². The number of benzene rings is 2. The molecule has 0 bridgehead atoms. The van der Waals surface area contributed by atoms with Crippen LogP contribution >= 0.6 is 0 Å². The van der Waals surface area contributed by atoms with Crippen LogP contribution in [0.25, 0.3) is 6.08 Å². The first-order chi connectivity index (χ1) is 12.3. The van der Waals surface area contributed by atoms with Gasteiger partial charge in [-0.3, -0.25) is 4.79 Å². The SMILES string of the molecule is Cc1ccccc1/C=C/C12NC(=O)CCN1c1ccc(F)cc1C2(C)C. The minimum atomic E-state index is -0.708. The van der Waals surface area contributed by atoms with Crippen LogP contribution < -0.4 is 10.2 Å². The van der Waals surface area contributed by atoms with Gasteiger partial charge in [0, 0.05) is 24.1 Å². The van der Waals surface area contributed by atoms with Crippen molar-refractivity contribution in [3.8, 4) is 0 Å². The molecule has 0 saturated carbocycles. The van der Waals surface area contributed by atoms with E-state index >= 15 is 0 Å². The number of amides is 1. The van der Waals surface area contributed by atoms with E-state index in [9.17, 15) is 9.18 Å². The molecule has 4 rings (SSSR count). The molecule has 2 aromatic rings.